The number of alkyl halides is 3. The molecule has 3 rings (SSSR count). The quantitative estimate of drug-likeness (QED) is 0.620. The smallest absolute Gasteiger partial charge is 0.324 e. The third kappa shape index (κ3) is 4.43. The number of rotatable bonds is 4. The molecule has 0 saturated carbocycles. The van der Waals surface area contributed by atoms with Crippen LogP contribution in [0.5, 0.6) is 0 Å². The molecule has 1 heterocycles. The van der Waals surface area contributed by atoms with Crippen LogP contribution in [-0.4, -0.2) is 15.9 Å². The first kappa shape index (κ1) is 19.3. The van der Waals surface area contributed by atoms with Crippen LogP contribution in [0.4, 0.5) is 34.9 Å². The van der Waals surface area contributed by atoms with E-state index in [0.29, 0.717) is 5.69 Å². The molecule has 0 spiro atoms. The predicted octanol–water partition coefficient (Wildman–Crippen LogP) is 4.94. The Kier molecular flexibility index (Phi) is 5.25. The second-order valence-corrected chi connectivity index (χ2v) is 5.82. The molecule has 0 unspecified atom stereocenters. The summed E-state index contributed by atoms with van der Waals surface area (Å²) in [4.78, 5) is 20.3. The van der Waals surface area contributed by atoms with E-state index in [-0.39, 0.29) is 23.0 Å². The van der Waals surface area contributed by atoms with E-state index in [1.807, 2.05) is 0 Å². The number of carbonyl (C=O) groups is 1. The van der Waals surface area contributed by atoms with Crippen molar-refractivity contribution in [3.05, 3.63) is 77.4 Å². The number of hydrogen-bond acceptors (Lipinski definition) is 4. The number of nitrogens with one attached hydrogen (secondary N) is 2. The minimum absolute atomic E-state index is 0.0410. The van der Waals surface area contributed by atoms with E-state index in [2.05, 4.69) is 20.6 Å². The highest BCUT2D eigenvalue weighted by atomic mass is 19.4. The second-order valence-electron chi connectivity index (χ2n) is 5.82. The lowest BCUT2D eigenvalue weighted by Gasteiger charge is -2.14. The Hall–Kier alpha value is -3.49. The molecule has 1 aromatic heterocycles. The van der Waals surface area contributed by atoms with Crippen molar-refractivity contribution in [2.45, 2.75) is 13.1 Å². The van der Waals surface area contributed by atoms with Crippen molar-refractivity contribution in [1.29, 1.82) is 0 Å². The number of para-hydroxylation sites is 2. The van der Waals surface area contributed by atoms with Gasteiger partial charge in [-0.15, -0.1) is 0 Å². The molecule has 2 N–H and O–H groups in total. The van der Waals surface area contributed by atoms with E-state index in [4.69, 9.17) is 0 Å². The fraction of sp³-hybridized carbons (Fsp3) is 0.105. The van der Waals surface area contributed by atoms with Crippen molar-refractivity contribution < 1.29 is 22.4 Å². The van der Waals surface area contributed by atoms with Gasteiger partial charge in [0, 0.05) is 5.69 Å². The average Bonchev–Trinajstić information content (AvgIpc) is 2.62. The van der Waals surface area contributed by atoms with Gasteiger partial charge in [-0.25, -0.2) is 14.4 Å². The Morgan fingerprint density at radius 3 is 2.29 bits per heavy atom. The Labute approximate surface area is 157 Å². The fourth-order valence-electron chi connectivity index (χ4n) is 2.45. The summed E-state index contributed by atoms with van der Waals surface area (Å²) in [5, 5.41) is 4.86. The largest absolute Gasteiger partial charge is 0.418 e. The minimum atomic E-state index is -4.57. The van der Waals surface area contributed by atoms with Gasteiger partial charge in [-0.3, -0.25) is 4.79 Å². The van der Waals surface area contributed by atoms with Crippen LogP contribution in [-0.2, 0) is 6.18 Å². The number of amides is 1. The number of benzene rings is 2. The van der Waals surface area contributed by atoms with Gasteiger partial charge in [-0.2, -0.15) is 13.2 Å². The molecular formula is C19H14F4N4O. The lowest BCUT2D eigenvalue weighted by atomic mass is 10.1. The molecule has 0 aliphatic rings. The summed E-state index contributed by atoms with van der Waals surface area (Å²) in [6.45, 7) is 1.56. The van der Waals surface area contributed by atoms with Crippen LogP contribution in [0.15, 0.2) is 54.6 Å². The summed E-state index contributed by atoms with van der Waals surface area (Å²) in [5.41, 5.74) is -0.956. The van der Waals surface area contributed by atoms with Gasteiger partial charge in [0.1, 0.15) is 11.5 Å². The molecule has 2 aromatic carbocycles. The molecule has 0 atom stereocenters. The average molecular weight is 390 g/mol. The van der Waals surface area contributed by atoms with Gasteiger partial charge in [0.2, 0.25) is 5.95 Å². The third-order valence-corrected chi connectivity index (χ3v) is 3.69. The Balaban J connectivity index is 1.89. The van der Waals surface area contributed by atoms with Gasteiger partial charge in [-0.05, 0) is 37.3 Å². The molecule has 0 fully saturated rings. The monoisotopic (exact) mass is 390 g/mol. The molecule has 0 bridgehead atoms. The van der Waals surface area contributed by atoms with Crippen molar-refractivity contribution >= 4 is 23.2 Å². The lowest BCUT2D eigenvalue weighted by molar-refractivity contribution is -0.136. The Morgan fingerprint density at radius 2 is 1.61 bits per heavy atom. The minimum Gasteiger partial charge on any atom is -0.324 e. The maximum Gasteiger partial charge on any atom is 0.418 e. The van der Waals surface area contributed by atoms with Crippen molar-refractivity contribution in [3.8, 4) is 0 Å². The molecule has 144 valence electrons. The topological polar surface area (TPSA) is 66.9 Å². The van der Waals surface area contributed by atoms with Crippen LogP contribution in [0, 0.1) is 12.7 Å². The molecule has 3 aromatic rings. The maximum atomic E-state index is 13.7. The lowest BCUT2D eigenvalue weighted by Crippen LogP contribution is -2.16. The van der Waals surface area contributed by atoms with Crippen molar-refractivity contribution in [2.24, 2.45) is 0 Å². The first-order valence-corrected chi connectivity index (χ1v) is 8.09. The Morgan fingerprint density at radius 1 is 0.964 bits per heavy atom. The molecule has 0 radical (unpaired) electrons. The van der Waals surface area contributed by atoms with Gasteiger partial charge in [0.25, 0.3) is 5.91 Å². The van der Waals surface area contributed by atoms with Crippen LogP contribution in [0.1, 0.15) is 21.7 Å². The highest BCUT2D eigenvalue weighted by Gasteiger charge is 2.33. The highest BCUT2D eigenvalue weighted by molar-refractivity contribution is 6.03. The normalized spacial score (nSPS) is 11.2. The van der Waals surface area contributed by atoms with Gasteiger partial charge in [-0.1, -0.05) is 24.3 Å². The number of hydrogen-bond donors (Lipinski definition) is 2. The van der Waals surface area contributed by atoms with Crippen LogP contribution in [0.25, 0.3) is 0 Å². The van der Waals surface area contributed by atoms with Crippen LogP contribution in [0.3, 0.4) is 0 Å². The SMILES string of the molecule is Cc1cc(C(=O)Nc2ccccc2F)nc(Nc2ccccc2C(F)(F)F)n1. The van der Waals surface area contributed by atoms with Gasteiger partial charge in [0.15, 0.2) is 0 Å². The summed E-state index contributed by atoms with van der Waals surface area (Å²) in [7, 11) is 0. The molecule has 9 heteroatoms. The maximum absolute atomic E-state index is 13.7. The number of halogens is 4. The third-order valence-electron chi connectivity index (χ3n) is 3.69. The molecular weight excluding hydrogens is 376 g/mol. The summed E-state index contributed by atoms with van der Waals surface area (Å²) in [5.74, 6) is -1.53. The highest BCUT2D eigenvalue weighted by Crippen LogP contribution is 2.35. The summed E-state index contributed by atoms with van der Waals surface area (Å²) >= 11 is 0. The van der Waals surface area contributed by atoms with Crippen LogP contribution in [0.2, 0.25) is 0 Å². The first-order valence-electron chi connectivity index (χ1n) is 8.09. The van der Waals surface area contributed by atoms with Gasteiger partial charge < -0.3 is 10.6 Å². The summed E-state index contributed by atoms with van der Waals surface area (Å²) < 4.78 is 53.1. The van der Waals surface area contributed by atoms with Crippen molar-refractivity contribution in [1.82, 2.24) is 9.97 Å². The van der Waals surface area contributed by atoms with E-state index in [1.54, 1.807) is 13.0 Å². The van der Waals surface area contributed by atoms with E-state index < -0.39 is 23.5 Å². The molecule has 1 amide bonds. The van der Waals surface area contributed by atoms with Gasteiger partial charge >= 0.3 is 6.18 Å². The number of nitrogens with zero attached hydrogens (tertiary/aromatic N) is 2. The summed E-state index contributed by atoms with van der Waals surface area (Å²) in [6, 6.07) is 11.8. The zero-order chi connectivity index (χ0) is 20.3. The fourth-order valence-corrected chi connectivity index (χ4v) is 2.45. The van der Waals surface area contributed by atoms with E-state index in [1.165, 1.54) is 42.5 Å². The summed E-state index contributed by atoms with van der Waals surface area (Å²) in [6.07, 6.45) is -4.57. The predicted molar refractivity (Wildman–Crippen MR) is 95.8 cm³/mol. The zero-order valence-electron chi connectivity index (χ0n) is 14.5. The second kappa shape index (κ2) is 7.63. The first-order chi connectivity index (χ1) is 13.2. The molecule has 0 saturated heterocycles. The van der Waals surface area contributed by atoms with Crippen molar-refractivity contribution in [3.63, 3.8) is 0 Å². The number of anilines is 3. The Bertz CT molecular complexity index is 1020. The van der Waals surface area contributed by atoms with E-state index in [0.717, 1.165) is 6.07 Å². The number of carbonyl (C=O) groups excluding carboxylic acids is 1. The zero-order valence-corrected chi connectivity index (χ0v) is 14.5. The molecule has 5 nitrogen and oxygen atoms in total. The molecule has 0 aliphatic heterocycles. The standard InChI is InChI=1S/C19H14F4N4O/c1-11-10-16(17(28)25-15-9-5-3-7-13(15)20)27-18(24-11)26-14-8-4-2-6-12(14)19(21,22)23/h2-10H,1H3,(H,25,28)(H,24,26,27). The van der Waals surface area contributed by atoms with Gasteiger partial charge in [0.05, 0.1) is 16.9 Å². The van der Waals surface area contributed by atoms with E-state index >= 15 is 0 Å². The van der Waals surface area contributed by atoms with Crippen LogP contribution < -0.4 is 10.6 Å². The van der Waals surface area contributed by atoms with E-state index in [9.17, 15) is 22.4 Å². The number of aryl methyl sites for hydroxylation is 1. The number of aromatic nitrogens is 2. The molecule has 28 heavy (non-hydrogen) atoms. The van der Waals surface area contributed by atoms with Crippen molar-refractivity contribution in [2.75, 3.05) is 10.6 Å². The molecule has 0 aliphatic carbocycles. The van der Waals surface area contributed by atoms with Crippen LogP contribution >= 0.6 is 0 Å².